The summed E-state index contributed by atoms with van der Waals surface area (Å²) in [6.45, 7) is 7.51. The summed E-state index contributed by atoms with van der Waals surface area (Å²) in [5, 5.41) is 0. The fraction of sp³-hybridized carbons (Fsp3) is 0.975. The van der Waals surface area contributed by atoms with E-state index in [1.54, 1.807) is 0 Å². The Hall–Kier alpha value is -0.530. The third-order valence-corrected chi connectivity index (χ3v) is 9.39. The van der Waals surface area contributed by atoms with Crippen LogP contribution in [0.15, 0.2) is 0 Å². The fourth-order valence-electron chi connectivity index (χ4n) is 6.37. The van der Waals surface area contributed by atoms with Crippen molar-refractivity contribution in [2.24, 2.45) is 5.92 Å². The van der Waals surface area contributed by atoms with E-state index in [1.807, 2.05) is 0 Å². The third-order valence-electron chi connectivity index (χ3n) is 9.39. The first-order chi connectivity index (χ1) is 20.8. The summed E-state index contributed by atoms with van der Waals surface area (Å²) < 4.78 is 5.84. The summed E-state index contributed by atoms with van der Waals surface area (Å²) in [6, 6.07) is 0. The topological polar surface area (TPSA) is 26.3 Å². The number of esters is 1. The first-order valence-electron chi connectivity index (χ1n) is 19.9. The largest absolute Gasteiger partial charge is 0.465 e. The lowest BCUT2D eigenvalue weighted by molar-refractivity contribution is -0.149. The first kappa shape index (κ1) is 41.5. The Kier molecular flexibility index (Phi) is 36.2. The lowest BCUT2D eigenvalue weighted by Crippen LogP contribution is -2.18. The van der Waals surface area contributed by atoms with Gasteiger partial charge in [0.15, 0.2) is 0 Å². The lowest BCUT2D eigenvalue weighted by Gasteiger charge is -2.16. The number of carbonyl (C=O) groups excluding carboxylic acids is 1. The van der Waals surface area contributed by atoms with Gasteiger partial charge in [0.05, 0.1) is 12.5 Å². The predicted octanol–water partition coefficient (Wildman–Crippen LogP) is 14.5. The molecule has 2 nitrogen and oxygen atoms in total. The minimum absolute atomic E-state index is 0.114. The van der Waals surface area contributed by atoms with Crippen LogP contribution in [-0.2, 0) is 9.53 Å². The van der Waals surface area contributed by atoms with E-state index in [1.165, 1.54) is 199 Å². The molecule has 2 heteroatoms. The average Bonchev–Trinajstić information content (AvgIpc) is 3.00. The van der Waals surface area contributed by atoms with E-state index in [4.69, 9.17) is 4.74 Å². The average molecular weight is 593 g/mol. The number of hydrogen-bond donors (Lipinski definition) is 0. The molecule has 0 radical (unpaired) electrons. The van der Waals surface area contributed by atoms with Crippen molar-refractivity contribution < 1.29 is 9.53 Å². The molecular formula is C40H80O2. The summed E-state index contributed by atoms with van der Waals surface area (Å²) in [7, 11) is 0. The smallest absolute Gasteiger partial charge is 0.308 e. The number of unbranched alkanes of at least 4 members (excludes halogenated alkanes) is 29. The zero-order valence-electron chi connectivity index (χ0n) is 29.6. The first-order valence-corrected chi connectivity index (χ1v) is 19.9. The van der Waals surface area contributed by atoms with Crippen LogP contribution in [0.4, 0.5) is 0 Å². The zero-order chi connectivity index (χ0) is 30.6. The van der Waals surface area contributed by atoms with Gasteiger partial charge in [-0.2, -0.15) is 0 Å². The second-order valence-electron chi connectivity index (χ2n) is 13.7. The molecule has 0 aliphatic rings. The van der Waals surface area contributed by atoms with E-state index in [0.29, 0.717) is 6.61 Å². The van der Waals surface area contributed by atoms with Crippen LogP contribution in [0, 0.1) is 5.92 Å². The number of ether oxygens (including phenoxy) is 1. The Bertz CT molecular complexity index is 502. The van der Waals surface area contributed by atoms with Crippen molar-refractivity contribution in [3.8, 4) is 0 Å². The molecule has 252 valence electrons. The highest BCUT2D eigenvalue weighted by molar-refractivity contribution is 5.72. The van der Waals surface area contributed by atoms with E-state index in [9.17, 15) is 4.79 Å². The molecule has 0 heterocycles. The normalized spacial score (nSPS) is 12.2. The Morgan fingerprint density at radius 3 is 0.881 bits per heavy atom. The Balaban J connectivity index is 3.95. The molecule has 0 fully saturated rings. The molecule has 0 aromatic heterocycles. The van der Waals surface area contributed by atoms with Crippen molar-refractivity contribution >= 4 is 5.97 Å². The van der Waals surface area contributed by atoms with Crippen molar-refractivity contribution in [1.29, 1.82) is 0 Å². The summed E-state index contributed by atoms with van der Waals surface area (Å²) in [4.78, 5) is 13.0. The number of hydrogen-bond acceptors (Lipinski definition) is 2. The van der Waals surface area contributed by atoms with Gasteiger partial charge in [-0.25, -0.2) is 0 Å². The van der Waals surface area contributed by atoms with Crippen LogP contribution in [0.25, 0.3) is 0 Å². The maximum absolute atomic E-state index is 13.0. The fourth-order valence-corrected chi connectivity index (χ4v) is 6.37. The van der Waals surface area contributed by atoms with Gasteiger partial charge in [0.1, 0.15) is 0 Å². The second kappa shape index (κ2) is 36.7. The van der Waals surface area contributed by atoms with Crippen LogP contribution in [0.1, 0.15) is 239 Å². The van der Waals surface area contributed by atoms with Gasteiger partial charge in [-0.05, 0) is 19.3 Å². The van der Waals surface area contributed by atoms with Crippen molar-refractivity contribution in [3.05, 3.63) is 0 Å². The van der Waals surface area contributed by atoms with Gasteiger partial charge in [-0.3, -0.25) is 4.79 Å². The number of rotatable bonds is 36. The minimum Gasteiger partial charge on any atom is -0.465 e. The summed E-state index contributed by atoms with van der Waals surface area (Å²) in [5.74, 6) is 0.259. The molecule has 1 atom stereocenters. The Labute approximate surface area is 266 Å². The Morgan fingerprint density at radius 1 is 0.357 bits per heavy atom. The standard InChI is InChI=1S/C40H80O2/c1-4-7-10-13-16-19-21-22-23-24-26-29-32-35-38-42-40(41)39(36-33-30-27-18-15-12-9-6-3)37-34-31-28-25-20-17-14-11-8-5-2/h39H,4-38H2,1-3H3. The van der Waals surface area contributed by atoms with E-state index in [-0.39, 0.29) is 11.9 Å². The van der Waals surface area contributed by atoms with Gasteiger partial charge in [0.2, 0.25) is 0 Å². The summed E-state index contributed by atoms with van der Waals surface area (Å²) in [5.41, 5.74) is 0. The molecule has 0 saturated heterocycles. The maximum atomic E-state index is 13.0. The van der Waals surface area contributed by atoms with Gasteiger partial charge in [-0.1, -0.05) is 220 Å². The van der Waals surface area contributed by atoms with E-state index < -0.39 is 0 Å². The van der Waals surface area contributed by atoms with Gasteiger partial charge in [0, 0.05) is 0 Å². The van der Waals surface area contributed by atoms with Gasteiger partial charge in [0.25, 0.3) is 0 Å². The SMILES string of the molecule is CCCCCCCCCCCCCCCCOC(=O)C(CCCCCCCCCC)CCCCCCCCCCCC. The van der Waals surface area contributed by atoms with Crippen LogP contribution < -0.4 is 0 Å². The van der Waals surface area contributed by atoms with E-state index in [2.05, 4.69) is 20.8 Å². The zero-order valence-corrected chi connectivity index (χ0v) is 29.6. The molecule has 0 aliphatic carbocycles. The second-order valence-corrected chi connectivity index (χ2v) is 13.7. The molecular weight excluding hydrogens is 512 g/mol. The molecule has 0 amide bonds. The lowest BCUT2D eigenvalue weighted by atomic mass is 9.94. The van der Waals surface area contributed by atoms with Crippen LogP contribution >= 0.6 is 0 Å². The van der Waals surface area contributed by atoms with Crippen LogP contribution in [-0.4, -0.2) is 12.6 Å². The van der Waals surface area contributed by atoms with Gasteiger partial charge < -0.3 is 4.74 Å². The maximum Gasteiger partial charge on any atom is 0.308 e. The quantitative estimate of drug-likeness (QED) is 0.0534. The molecule has 0 aromatic carbocycles. The molecule has 0 saturated carbocycles. The summed E-state index contributed by atoms with van der Waals surface area (Å²) in [6.07, 6.45) is 45.4. The van der Waals surface area contributed by atoms with Crippen molar-refractivity contribution in [2.45, 2.75) is 239 Å². The van der Waals surface area contributed by atoms with Crippen LogP contribution in [0.5, 0.6) is 0 Å². The molecule has 42 heavy (non-hydrogen) atoms. The highest BCUT2D eigenvalue weighted by Gasteiger charge is 2.19. The van der Waals surface area contributed by atoms with Gasteiger partial charge in [-0.15, -0.1) is 0 Å². The van der Waals surface area contributed by atoms with Crippen LogP contribution in [0.3, 0.4) is 0 Å². The van der Waals surface area contributed by atoms with Crippen molar-refractivity contribution in [2.75, 3.05) is 6.61 Å². The van der Waals surface area contributed by atoms with Crippen molar-refractivity contribution in [3.63, 3.8) is 0 Å². The Morgan fingerprint density at radius 2 is 0.595 bits per heavy atom. The molecule has 0 bridgehead atoms. The van der Waals surface area contributed by atoms with Crippen molar-refractivity contribution in [1.82, 2.24) is 0 Å². The molecule has 0 aromatic rings. The minimum atomic E-state index is 0.114. The van der Waals surface area contributed by atoms with E-state index in [0.717, 1.165) is 19.3 Å². The predicted molar refractivity (Wildman–Crippen MR) is 188 cm³/mol. The number of carbonyl (C=O) groups is 1. The molecule has 0 spiro atoms. The van der Waals surface area contributed by atoms with E-state index >= 15 is 0 Å². The summed E-state index contributed by atoms with van der Waals surface area (Å²) >= 11 is 0. The monoisotopic (exact) mass is 593 g/mol. The molecule has 0 aliphatic heterocycles. The molecule has 0 N–H and O–H groups in total. The molecule has 1 unspecified atom stereocenters. The highest BCUT2D eigenvalue weighted by Crippen LogP contribution is 2.22. The highest BCUT2D eigenvalue weighted by atomic mass is 16.5. The van der Waals surface area contributed by atoms with Gasteiger partial charge >= 0.3 is 5.97 Å². The van der Waals surface area contributed by atoms with Crippen LogP contribution in [0.2, 0.25) is 0 Å². The third kappa shape index (κ3) is 32.4. The molecule has 0 rings (SSSR count).